The predicted molar refractivity (Wildman–Crippen MR) is 107 cm³/mol. The number of nitrogens with zero attached hydrogens (tertiary/aromatic N) is 2. The molecule has 3 rings (SSSR count). The van der Waals surface area contributed by atoms with Gasteiger partial charge in [0, 0.05) is 26.2 Å². The molecule has 1 aliphatic rings. The van der Waals surface area contributed by atoms with Crippen LogP contribution in [-0.4, -0.2) is 61.0 Å². The van der Waals surface area contributed by atoms with Crippen LogP contribution >= 0.6 is 0 Å². The Hall–Kier alpha value is -3.09. The van der Waals surface area contributed by atoms with Crippen LogP contribution in [0.4, 0.5) is 4.39 Å². The summed E-state index contributed by atoms with van der Waals surface area (Å²) in [5.41, 5.74) is 0.0612. The third-order valence-corrected chi connectivity index (χ3v) is 4.74. The highest BCUT2D eigenvalue weighted by Crippen LogP contribution is 2.18. The molecule has 2 aromatic carbocycles. The molecule has 2 amide bonds. The van der Waals surface area contributed by atoms with Gasteiger partial charge in [-0.1, -0.05) is 12.1 Å². The summed E-state index contributed by atoms with van der Waals surface area (Å²) in [5, 5.41) is 0. The fourth-order valence-corrected chi connectivity index (χ4v) is 3.21. The lowest BCUT2D eigenvalue weighted by atomic mass is 10.2. The molecule has 1 aliphatic heterocycles. The number of hydrogen-bond acceptors (Lipinski definition) is 4. The minimum absolute atomic E-state index is 0.0612. The molecule has 0 N–H and O–H groups in total. The number of amides is 2. The van der Waals surface area contributed by atoms with Gasteiger partial charge in [0.15, 0.2) is 6.61 Å². The van der Waals surface area contributed by atoms with Gasteiger partial charge in [-0.15, -0.1) is 0 Å². The van der Waals surface area contributed by atoms with Crippen LogP contribution in [0.25, 0.3) is 0 Å². The van der Waals surface area contributed by atoms with Crippen molar-refractivity contribution < 1.29 is 23.5 Å². The zero-order valence-corrected chi connectivity index (χ0v) is 16.5. The molecule has 1 heterocycles. The smallest absolute Gasteiger partial charge is 0.260 e. The average Bonchev–Trinajstić information content (AvgIpc) is 2.99. The van der Waals surface area contributed by atoms with Gasteiger partial charge in [0.05, 0.1) is 12.2 Å². The molecule has 6 nitrogen and oxygen atoms in total. The molecule has 0 unspecified atom stereocenters. The normalized spacial score (nSPS) is 14.3. The molecule has 7 heteroatoms. The van der Waals surface area contributed by atoms with E-state index in [2.05, 4.69) is 0 Å². The second kappa shape index (κ2) is 9.91. The van der Waals surface area contributed by atoms with E-state index >= 15 is 0 Å². The third kappa shape index (κ3) is 5.47. The quantitative estimate of drug-likeness (QED) is 0.748. The van der Waals surface area contributed by atoms with Crippen LogP contribution in [0.15, 0.2) is 48.5 Å². The number of carbonyl (C=O) groups is 2. The zero-order valence-electron chi connectivity index (χ0n) is 16.5. The Balaban J connectivity index is 1.51. The Morgan fingerprint density at radius 3 is 2.21 bits per heavy atom. The lowest BCUT2D eigenvalue weighted by Crippen LogP contribution is -2.39. The highest BCUT2D eigenvalue weighted by Gasteiger charge is 2.24. The number of hydrogen-bond donors (Lipinski definition) is 0. The van der Waals surface area contributed by atoms with Crippen molar-refractivity contribution in [3.8, 4) is 11.5 Å². The van der Waals surface area contributed by atoms with E-state index in [0.717, 1.165) is 5.75 Å². The molecule has 0 atom stereocenters. The van der Waals surface area contributed by atoms with Crippen molar-refractivity contribution in [2.75, 3.05) is 39.4 Å². The lowest BCUT2D eigenvalue weighted by Gasteiger charge is -2.22. The maximum absolute atomic E-state index is 13.9. The molecule has 29 heavy (non-hydrogen) atoms. The molecule has 0 aliphatic carbocycles. The number of benzene rings is 2. The van der Waals surface area contributed by atoms with E-state index < -0.39 is 5.82 Å². The first-order valence-electron chi connectivity index (χ1n) is 9.75. The molecule has 1 fully saturated rings. The average molecular weight is 400 g/mol. The van der Waals surface area contributed by atoms with Gasteiger partial charge in [-0.2, -0.15) is 0 Å². The minimum Gasteiger partial charge on any atom is -0.494 e. The SMILES string of the molecule is CCOc1ccc(OCC(=O)N2CCCN(C(=O)c3ccccc3F)CC2)cc1. The molecule has 154 valence electrons. The van der Waals surface area contributed by atoms with Crippen LogP contribution in [0, 0.1) is 5.82 Å². The van der Waals surface area contributed by atoms with E-state index in [4.69, 9.17) is 9.47 Å². The second-order valence-electron chi connectivity index (χ2n) is 6.70. The van der Waals surface area contributed by atoms with E-state index in [1.807, 2.05) is 6.92 Å². The van der Waals surface area contributed by atoms with Crippen LogP contribution in [0.2, 0.25) is 0 Å². The van der Waals surface area contributed by atoms with Crippen molar-refractivity contribution in [2.24, 2.45) is 0 Å². The Morgan fingerprint density at radius 1 is 0.897 bits per heavy atom. The largest absolute Gasteiger partial charge is 0.494 e. The highest BCUT2D eigenvalue weighted by atomic mass is 19.1. The molecular formula is C22H25FN2O4. The molecule has 1 saturated heterocycles. The molecule has 0 spiro atoms. The van der Waals surface area contributed by atoms with Crippen molar-refractivity contribution in [2.45, 2.75) is 13.3 Å². The molecule has 0 radical (unpaired) electrons. The van der Waals surface area contributed by atoms with E-state index in [-0.39, 0.29) is 24.0 Å². The van der Waals surface area contributed by atoms with Gasteiger partial charge in [0.1, 0.15) is 17.3 Å². The summed E-state index contributed by atoms with van der Waals surface area (Å²) in [7, 11) is 0. The predicted octanol–water partition coefficient (Wildman–Crippen LogP) is 2.98. The summed E-state index contributed by atoms with van der Waals surface area (Å²) in [6.07, 6.45) is 0.634. The zero-order chi connectivity index (χ0) is 20.6. The number of halogens is 1. The highest BCUT2D eigenvalue weighted by molar-refractivity contribution is 5.94. The van der Waals surface area contributed by atoms with Crippen molar-refractivity contribution in [3.63, 3.8) is 0 Å². The fraction of sp³-hybridized carbons (Fsp3) is 0.364. The summed E-state index contributed by atoms with van der Waals surface area (Å²) < 4.78 is 24.8. The molecule has 0 bridgehead atoms. The van der Waals surface area contributed by atoms with Gasteiger partial charge in [0.2, 0.25) is 0 Å². The Bertz CT molecular complexity index is 841. The summed E-state index contributed by atoms with van der Waals surface area (Å²) in [4.78, 5) is 28.4. The Morgan fingerprint density at radius 2 is 1.52 bits per heavy atom. The maximum Gasteiger partial charge on any atom is 0.260 e. The topological polar surface area (TPSA) is 59.1 Å². The first-order chi connectivity index (χ1) is 14.1. The second-order valence-corrected chi connectivity index (χ2v) is 6.70. The van der Waals surface area contributed by atoms with Gasteiger partial charge in [0.25, 0.3) is 11.8 Å². The van der Waals surface area contributed by atoms with Crippen LogP contribution in [-0.2, 0) is 4.79 Å². The summed E-state index contributed by atoms with van der Waals surface area (Å²) in [5.74, 6) is 0.326. The molecular weight excluding hydrogens is 375 g/mol. The summed E-state index contributed by atoms with van der Waals surface area (Å²) in [6.45, 7) is 4.20. The van der Waals surface area contributed by atoms with Gasteiger partial charge in [-0.25, -0.2) is 4.39 Å². The van der Waals surface area contributed by atoms with E-state index in [1.165, 1.54) is 12.1 Å². The minimum atomic E-state index is -0.529. The number of ether oxygens (including phenoxy) is 2. The van der Waals surface area contributed by atoms with Crippen LogP contribution in [0.5, 0.6) is 11.5 Å². The van der Waals surface area contributed by atoms with Crippen molar-refractivity contribution in [1.29, 1.82) is 0 Å². The number of rotatable bonds is 6. The maximum atomic E-state index is 13.9. The summed E-state index contributed by atoms with van der Waals surface area (Å²) in [6, 6.07) is 13.1. The lowest BCUT2D eigenvalue weighted by molar-refractivity contribution is -0.133. The van der Waals surface area contributed by atoms with Crippen molar-refractivity contribution in [1.82, 2.24) is 9.80 Å². The molecule has 0 aromatic heterocycles. The van der Waals surface area contributed by atoms with Crippen molar-refractivity contribution in [3.05, 3.63) is 59.9 Å². The van der Waals surface area contributed by atoms with Gasteiger partial charge in [-0.05, 0) is 49.7 Å². The van der Waals surface area contributed by atoms with Gasteiger partial charge >= 0.3 is 0 Å². The summed E-state index contributed by atoms with van der Waals surface area (Å²) >= 11 is 0. The number of carbonyl (C=O) groups excluding carboxylic acids is 2. The van der Waals surface area contributed by atoms with E-state index in [0.29, 0.717) is 45.0 Å². The standard InChI is InChI=1S/C22H25FN2O4/c1-2-28-17-8-10-18(11-9-17)29-16-21(26)24-12-5-13-25(15-14-24)22(27)19-6-3-4-7-20(19)23/h3-4,6-11H,2,5,12-16H2,1H3. The van der Waals surface area contributed by atoms with Crippen molar-refractivity contribution >= 4 is 11.8 Å². The van der Waals surface area contributed by atoms with Crippen LogP contribution in [0.1, 0.15) is 23.7 Å². The fourth-order valence-electron chi connectivity index (χ4n) is 3.21. The van der Waals surface area contributed by atoms with Crippen LogP contribution < -0.4 is 9.47 Å². The third-order valence-electron chi connectivity index (χ3n) is 4.74. The molecule has 2 aromatic rings. The van der Waals surface area contributed by atoms with E-state index in [9.17, 15) is 14.0 Å². The van der Waals surface area contributed by atoms with Gasteiger partial charge in [-0.3, -0.25) is 9.59 Å². The Labute approximate surface area is 169 Å². The van der Waals surface area contributed by atoms with E-state index in [1.54, 1.807) is 46.2 Å². The van der Waals surface area contributed by atoms with Gasteiger partial charge < -0.3 is 19.3 Å². The molecule has 0 saturated carbocycles. The monoisotopic (exact) mass is 400 g/mol. The first kappa shape index (κ1) is 20.6. The van der Waals surface area contributed by atoms with Crippen LogP contribution in [0.3, 0.4) is 0 Å². The first-order valence-corrected chi connectivity index (χ1v) is 9.75. The Kier molecular flexibility index (Phi) is 7.05.